The molecule has 0 aromatic heterocycles. The molecule has 1 aromatic rings. The summed E-state index contributed by atoms with van der Waals surface area (Å²) in [6.07, 6.45) is 3.13. The Morgan fingerprint density at radius 2 is 1.76 bits per heavy atom. The molecule has 0 spiro atoms. The van der Waals surface area contributed by atoms with Gasteiger partial charge in [-0.2, -0.15) is 13.2 Å². The average molecular weight is 238 g/mol. The average Bonchev–Trinajstić information content (AvgIpc) is 3.08. The summed E-state index contributed by atoms with van der Waals surface area (Å²) in [4.78, 5) is 0. The maximum Gasteiger partial charge on any atom is 0.416 e. The van der Waals surface area contributed by atoms with Crippen LogP contribution in [0.25, 0.3) is 0 Å². The maximum atomic E-state index is 12.4. The highest BCUT2D eigenvalue weighted by Gasteiger charge is 2.46. The molecule has 0 amide bonds. The molecule has 0 nitrogen and oxygen atoms in total. The van der Waals surface area contributed by atoms with Crippen molar-refractivity contribution in [1.29, 1.82) is 0 Å². The minimum absolute atomic E-state index is 0.120. The first-order valence-corrected chi connectivity index (χ1v) is 5.54. The minimum Gasteiger partial charge on any atom is -0.166 e. The summed E-state index contributed by atoms with van der Waals surface area (Å²) in [6, 6.07) is 5.31. The van der Waals surface area contributed by atoms with Gasteiger partial charge in [0.25, 0.3) is 0 Å². The zero-order chi connectivity index (χ0) is 12.7. The van der Waals surface area contributed by atoms with Crippen LogP contribution in [0.3, 0.4) is 0 Å². The summed E-state index contributed by atoms with van der Waals surface area (Å²) < 4.78 is 37.2. The molecule has 17 heavy (non-hydrogen) atoms. The van der Waals surface area contributed by atoms with Gasteiger partial charge in [0.05, 0.1) is 5.56 Å². The van der Waals surface area contributed by atoms with Crippen molar-refractivity contribution in [2.75, 3.05) is 0 Å². The molecule has 0 saturated heterocycles. The highest BCUT2D eigenvalue weighted by molar-refractivity contribution is 5.33. The van der Waals surface area contributed by atoms with Gasteiger partial charge in [0, 0.05) is 5.41 Å². The van der Waals surface area contributed by atoms with Gasteiger partial charge >= 0.3 is 6.18 Å². The van der Waals surface area contributed by atoms with Gasteiger partial charge in [-0.3, -0.25) is 0 Å². The third-order valence-electron chi connectivity index (χ3n) is 3.64. The Bertz CT molecular complexity index is 444. The van der Waals surface area contributed by atoms with Crippen molar-refractivity contribution in [2.24, 2.45) is 5.41 Å². The highest BCUT2D eigenvalue weighted by Crippen LogP contribution is 2.55. The van der Waals surface area contributed by atoms with Crippen LogP contribution in [0.1, 0.15) is 36.8 Å². The fraction of sp³-hybridized carbons (Fsp3) is 0.429. The van der Waals surface area contributed by atoms with Crippen LogP contribution in [0.15, 0.2) is 24.3 Å². The van der Waals surface area contributed by atoms with Gasteiger partial charge in [0.15, 0.2) is 0 Å². The fourth-order valence-electron chi connectivity index (χ4n) is 2.12. The molecule has 1 atom stereocenters. The Kier molecular flexibility index (Phi) is 2.69. The molecule has 1 saturated carbocycles. The number of benzene rings is 1. The van der Waals surface area contributed by atoms with E-state index in [0.717, 1.165) is 30.5 Å². The van der Waals surface area contributed by atoms with Gasteiger partial charge in [-0.15, -0.1) is 6.42 Å². The van der Waals surface area contributed by atoms with Crippen LogP contribution >= 0.6 is 0 Å². The number of hydrogen-bond acceptors (Lipinski definition) is 0. The molecule has 0 bridgehead atoms. The lowest BCUT2D eigenvalue weighted by molar-refractivity contribution is -0.137. The summed E-state index contributed by atoms with van der Waals surface area (Å²) >= 11 is 0. The maximum absolute atomic E-state index is 12.4. The lowest BCUT2D eigenvalue weighted by Crippen LogP contribution is -2.10. The molecule has 2 rings (SSSR count). The molecule has 90 valence electrons. The van der Waals surface area contributed by atoms with Gasteiger partial charge in [0.2, 0.25) is 0 Å². The first-order chi connectivity index (χ1) is 7.89. The topological polar surface area (TPSA) is 0 Å². The van der Waals surface area contributed by atoms with Crippen LogP contribution in [0, 0.1) is 17.8 Å². The van der Waals surface area contributed by atoms with Gasteiger partial charge in [-0.05, 0) is 36.5 Å². The number of rotatable bonds is 2. The Morgan fingerprint density at radius 1 is 1.24 bits per heavy atom. The molecule has 0 radical (unpaired) electrons. The number of hydrogen-bond donors (Lipinski definition) is 0. The fourth-order valence-corrected chi connectivity index (χ4v) is 2.12. The van der Waals surface area contributed by atoms with Crippen molar-refractivity contribution in [1.82, 2.24) is 0 Å². The largest absolute Gasteiger partial charge is 0.416 e. The van der Waals surface area contributed by atoms with E-state index in [1.165, 1.54) is 12.1 Å². The van der Waals surface area contributed by atoms with E-state index in [1.54, 1.807) is 0 Å². The quantitative estimate of drug-likeness (QED) is 0.676. The predicted molar refractivity (Wildman–Crippen MR) is 60.4 cm³/mol. The van der Waals surface area contributed by atoms with Gasteiger partial charge in [0.1, 0.15) is 0 Å². The molecule has 1 aliphatic carbocycles. The third kappa shape index (κ3) is 2.17. The highest BCUT2D eigenvalue weighted by atomic mass is 19.4. The molecule has 0 heterocycles. The van der Waals surface area contributed by atoms with Crippen LogP contribution in [-0.2, 0) is 6.18 Å². The van der Waals surface area contributed by atoms with Crippen LogP contribution in [0.5, 0.6) is 0 Å². The molecule has 1 aromatic carbocycles. The van der Waals surface area contributed by atoms with Crippen molar-refractivity contribution < 1.29 is 13.2 Å². The minimum atomic E-state index is -4.27. The monoisotopic (exact) mass is 238 g/mol. The summed E-state index contributed by atoms with van der Waals surface area (Å²) in [5.74, 6) is 2.89. The van der Waals surface area contributed by atoms with Crippen molar-refractivity contribution in [3.63, 3.8) is 0 Å². The van der Waals surface area contributed by atoms with Crippen LogP contribution < -0.4 is 0 Å². The van der Waals surface area contributed by atoms with E-state index < -0.39 is 11.7 Å². The second kappa shape index (κ2) is 3.80. The predicted octanol–water partition coefficient (Wildman–Crippen LogP) is 4.22. The van der Waals surface area contributed by atoms with Crippen LogP contribution in [0.4, 0.5) is 13.2 Å². The van der Waals surface area contributed by atoms with E-state index in [-0.39, 0.29) is 11.3 Å². The number of alkyl halides is 3. The summed E-state index contributed by atoms with van der Waals surface area (Å²) in [7, 11) is 0. The lowest BCUT2D eigenvalue weighted by atomic mass is 9.85. The summed E-state index contributed by atoms with van der Waals surface area (Å²) in [6.45, 7) is 1.98. The van der Waals surface area contributed by atoms with Crippen LogP contribution in [0.2, 0.25) is 0 Å². The normalized spacial score (nSPS) is 19.5. The van der Waals surface area contributed by atoms with E-state index >= 15 is 0 Å². The smallest absolute Gasteiger partial charge is 0.166 e. The van der Waals surface area contributed by atoms with Crippen molar-refractivity contribution >= 4 is 0 Å². The van der Waals surface area contributed by atoms with Crippen molar-refractivity contribution in [3.8, 4) is 12.3 Å². The van der Waals surface area contributed by atoms with Gasteiger partial charge in [-0.25, -0.2) is 0 Å². The SMILES string of the molecule is C#CC1(C(C)c2ccc(C(F)(F)F)cc2)CC1. The first-order valence-electron chi connectivity index (χ1n) is 5.54. The zero-order valence-corrected chi connectivity index (χ0v) is 9.51. The Morgan fingerprint density at radius 3 is 2.12 bits per heavy atom. The first kappa shape index (κ1) is 12.0. The van der Waals surface area contributed by atoms with E-state index in [9.17, 15) is 13.2 Å². The molecule has 3 heteroatoms. The standard InChI is InChI=1S/C14H13F3/c1-3-13(8-9-13)10(2)11-4-6-12(7-5-11)14(15,16)17/h1,4-7,10H,8-9H2,2H3. The van der Waals surface area contributed by atoms with Gasteiger partial charge in [-0.1, -0.05) is 25.0 Å². The van der Waals surface area contributed by atoms with E-state index in [4.69, 9.17) is 6.42 Å². The molecule has 1 fully saturated rings. The molecule has 1 unspecified atom stereocenters. The van der Waals surface area contributed by atoms with E-state index in [1.807, 2.05) is 6.92 Å². The zero-order valence-electron chi connectivity index (χ0n) is 9.51. The Hall–Kier alpha value is -1.43. The second-order valence-electron chi connectivity index (χ2n) is 4.64. The molecular formula is C14H13F3. The summed E-state index contributed by atoms with van der Waals surface area (Å²) in [5, 5.41) is 0. The molecule has 1 aliphatic rings. The number of terminal acetylenes is 1. The Labute approximate surface area is 98.8 Å². The lowest BCUT2D eigenvalue weighted by Gasteiger charge is -2.19. The van der Waals surface area contributed by atoms with E-state index in [0.29, 0.717) is 0 Å². The van der Waals surface area contributed by atoms with Crippen LogP contribution in [-0.4, -0.2) is 0 Å². The van der Waals surface area contributed by atoms with Crippen molar-refractivity contribution in [2.45, 2.75) is 31.9 Å². The third-order valence-corrected chi connectivity index (χ3v) is 3.64. The van der Waals surface area contributed by atoms with Crippen molar-refractivity contribution in [3.05, 3.63) is 35.4 Å². The molecular weight excluding hydrogens is 225 g/mol. The second-order valence-corrected chi connectivity index (χ2v) is 4.64. The number of halogens is 3. The molecule has 0 N–H and O–H groups in total. The molecule has 0 aliphatic heterocycles. The Balaban J connectivity index is 2.22. The summed E-state index contributed by atoms with van der Waals surface area (Å²) in [5.41, 5.74) is 0.146. The van der Waals surface area contributed by atoms with E-state index in [2.05, 4.69) is 5.92 Å². The van der Waals surface area contributed by atoms with Gasteiger partial charge < -0.3 is 0 Å².